The Morgan fingerprint density at radius 3 is 2.38 bits per heavy atom. The molecule has 0 aliphatic carbocycles. The molecule has 2 rings (SSSR count). The summed E-state index contributed by atoms with van der Waals surface area (Å²) in [5.41, 5.74) is 0.0909. The van der Waals surface area contributed by atoms with E-state index in [9.17, 15) is 32.8 Å². The molecule has 3 amide bonds. The smallest absolute Gasteiger partial charge is 0.331 e. The van der Waals surface area contributed by atoms with Gasteiger partial charge >= 0.3 is 11.9 Å². The third-order valence-corrected chi connectivity index (χ3v) is 6.62. The summed E-state index contributed by atoms with van der Waals surface area (Å²) in [6.07, 6.45) is 5.18. The second-order valence-electron chi connectivity index (χ2n) is 9.78. The first-order valence-electron chi connectivity index (χ1n) is 13.2. The number of nitrogens with one attached hydrogen (secondary N) is 2. The fourth-order valence-corrected chi connectivity index (χ4v) is 4.20. The van der Waals surface area contributed by atoms with Gasteiger partial charge in [0.05, 0.1) is 7.11 Å². The van der Waals surface area contributed by atoms with Crippen molar-refractivity contribution in [3.05, 3.63) is 47.5 Å². The largest absolute Gasteiger partial charge is 0.467 e. The number of hydrogen-bond acceptors (Lipinski definition) is 7. The Labute approximate surface area is 232 Å². The highest BCUT2D eigenvalue weighted by Gasteiger charge is 2.35. The van der Waals surface area contributed by atoms with Crippen LogP contribution in [0.5, 0.6) is 0 Å². The van der Waals surface area contributed by atoms with Crippen LogP contribution < -0.4 is 10.6 Å². The Bertz CT molecular complexity index is 1090. The summed E-state index contributed by atoms with van der Waals surface area (Å²) in [5.74, 6) is -4.82. The summed E-state index contributed by atoms with van der Waals surface area (Å²) < 4.78 is 37.5. The molecule has 4 atom stereocenters. The van der Waals surface area contributed by atoms with E-state index in [1.807, 2.05) is 13.8 Å². The molecule has 2 N–H and O–H groups in total. The summed E-state index contributed by atoms with van der Waals surface area (Å²) in [7, 11) is 1.08. The number of hydrogen-bond donors (Lipinski definition) is 2. The van der Waals surface area contributed by atoms with E-state index >= 15 is 0 Å². The summed E-state index contributed by atoms with van der Waals surface area (Å²) in [5, 5.41) is 4.89. The molecule has 1 aliphatic rings. The van der Waals surface area contributed by atoms with Crippen molar-refractivity contribution in [2.24, 2.45) is 5.92 Å². The van der Waals surface area contributed by atoms with E-state index in [1.54, 1.807) is 6.08 Å². The van der Waals surface area contributed by atoms with Gasteiger partial charge in [0.2, 0.25) is 17.7 Å². The normalized spacial score (nSPS) is 17.1. The average Bonchev–Trinajstić information content (AvgIpc) is 3.40. The lowest BCUT2D eigenvalue weighted by Crippen LogP contribution is -2.54. The molecule has 1 aromatic rings. The van der Waals surface area contributed by atoms with Gasteiger partial charge in [0.1, 0.15) is 30.3 Å². The maximum Gasteiger partial charge on any atom is 0.331 e. The van der Waals surface area contributed by atoms with Crippen molar-refractivity contribution in [3.8, 4) is 0 Å². The van der Waals surface area contributed by atoms with Crippen LogP contribution in [0.3, 0.4) is 0 Å². The first-order chi connectivity index (χ1) is 18.9. The topological polar surface area (TPSA) is 131 Å². The lowest BCUT2D eigenvalue weighted by molar-refractivity contribution is -0.157. The lowest BCUT2D eigenvalue weighted by Gasteiger charge is -2.24. The van der Waals surface area contributed by atoms with Gasteiger partial charge in [-0.1, -0.05) is 26.3 Å². The number of amides is 3. The van der Waals surface area contributed by atoms with Crippen molar-refractivity contribution in [3.63, 3.8) is 0 Å². The Hall–Kier alpha value is -3.83. The van der Waals surface area contributed by atoms with Gasteiger partial charge in [0.15, 0.2) is 6.04 Å². The van der Waals surface area contributed by atoms with Crippen molar-refractivity contribution < 1.29 is 42.2 Å². The first kappa shape index (κ1) is 32.4. The molecule has 1 saturated heterocycles. The number of rotatable bonds is 13. The summed E-state index contributed by atoms with van der Waals surface area (Å²) in [4.78, 5) is 63.9. The highest BCUT2D eigenvalue weighted by atomic mass is 19.1. The fraction of sp³-hybridized carbons (Fsp3) is 0.536. The predicted octanol–water partition coefficient (Wildman–Crippen LogP) is 2.20. The van der Waals surface area contributed by atoms with E-state index in [0.717, 1.165) is 25.7 Å². The number of carbonyl (C=O) groups excluding carboxylic acids is 5. The van der Waals surface area contributed by atoms with Crippen LogP contribution in [0.25, 0.3) is 0 Å². The number of ether oxygens (including phenoxy) is 2. The molecule has 12 heteroatoms. The van der Waals surface area contributed by atoms with Crippen LogP contribution in [0.2, 0.25) is 0 Å². The van der Waals surface area contributed by atoms with Gasteiger partial charge in [0, 0.05) is 26.0 Å². The van der Waals surface area contributed by atoms with Crippen molar-refractivity contribution in [2.45, 2.75) is 71.0 Å². The SMILES string of the molecule is CCC(C)C/C=C/C(=O)N[C@@H](Cc1cc(F)cc(F)c1)C(=O)N[C@@H](COC(=O)C1CCCN1C(C)=O)C(=O)OC. The molecular formula is C28H37F2N3O7. The van der Waals surface area contributed by atoms with Crippen molar-refractivity contribution >= 4 is 29.7 Å². The van der Waals surface area contributed by atoms with Gasteiger partial charge in [-0.25, -0.2) is 18.4 Å². The zero-order valence-electron chi connectivity index (χ0n) is 23.2. The minimum absolute atomic E-state index is 0.0909. The van der Waals surface area contributed by atoms with Crippen LogP contribution in [0.4, 0.5) is 8.78 Å². The number of likely N-dealkylation sites (tertiary alicyclic amines) is 1. The van der Waals surface area contributed by atoms with Crippen LogP contribution in [0.15, 0.2) is 30.4 Å². The highest BCUT2D eigenvalue weighted by molar-refractivity contribution is 5.94. The van der Waals surface area contributed by atoms with Gasteiger partial charge in [-0.05, 0) is 49.0 Å². The minimum atomic E-state index is -1.45. The molecule has 1 heterocycles. The average molecular weight is 566 g/mol. The second kappa shape index (κ2) is 15.7. The summed E-state index contributed by atoms with van der Waals surface area (Å²) in [6, 6.07) is -0.866. The quantitative estimate of drug-likeness (QED) is 0.277. The number of carbonyl (C=O) groups is 5. The van der Waals surface area contributed by atoms with Gasteiger partial charge < -0.3 is 25.0 Å². The van der Waals surface area contributed by atoms with Gasteiger partial charge in [-0.2, -0.15) is 0 Å². The highest BCUT2D eigenvalue weighted by Crippen LogP contribution is 2.18. The van der Waals surface area contributed by atoms with Crippen LogP contribution in [-0.2, 0) is 39.9 Å². The van der Waals surface area contributed by atoms with Crippen LogP contribution in [0.1, 0.15) is 52.0 Å². The monoisotopic (exact) mass is 565 g/mol. The Balaban J connectivity index is 2.17. The van der Waals surface area contributed by atoms with Gasteiger partial charge in [-0.3, -0.25) is 14.4 Å². The lowest BCUT2D eigenvalue weighted by atomic mass is 10.0. The molecule has 220 valence electrons. The van der Waals surface area contributed by atoms with E-state index < -0.39 is 60.1 Å². The molecule has 1 aliphatic heterocycles. The van der Waals surface area contributed by atoms with Crippen LogP contribution >= 0.6 is 0 Å². The molecule has 0 saturated carbocycles. The molecule has 0 aromatic heterocycles. The second-order valence-corrected chi connectivity index (χ2v) is 9.78. The van der Waals surface area contributed by atoms with Gasteiger partial charge in [-0.15, -0.1) is 0 Å². The molecule has 0 radical (unpaired) electrons. The number of methoxy groups -OCH3 is 1. The molecule has 0 spiro atoms. The maximum atomic E-state index is 13.8. The minimum Gasteiger partial charge on any atom is -0.467 e. The van der Waals surface area contributed by atoms with E-state index in [0.29, 0.717) is 37.8 Å². The van der Waals surface area contributed by atoms with Crippen LogP contribution in [-0.4, -0.2) is 72.9 Å². The molecule has 40 heavy (non-hydrogen) atoms. The fourth-order valence-electron chi connectivity index (χ4n) is 4.20. The number of esters is 2. The van der Waals surface area contributed by atoms with E-state index in [4.69, 9.17) is 9.47 Å². The number of halogens is 2. The summed E-state index contributed by atoms with van der Waals surface area (Å²) in [6.45, 7) is 5.17. The van der Waals surface area contributed by atoms with Gasteiger partial charge in [0.25, 0.3) is 0 Å². The van der Waals surface area contributed by atoms with Crippen LogP contribution in [0, 0.1) is 17.6 Å². The molecule has 2 unspecified atom stereocenters. The Kier molecular flexibility index (Phi) is 12.7. The number of allylic oxidation sites excluding steroid dienone is 1. The predicted molar refractivity (Wildman–Crippen MR) is 141 cm³/mol. The summed E-state index contributed by atoms with van der Waals surface area (Å²) >= 11 is 0. The Morgan fingerprint density at radius 1 is 1.10 bits per heavy atom. The van der Waals surface area contributed by atoms with Crippen molar-refractivity contribution in [2.75, 3.05) is 20.3 Å². The van der Waals surface area contributed by atoms with Crippen molar-refractivity contribution in [1.29, 1.82) is 0 Å². The maximum absolute atomic E-state index is 13.8. The standard InChI is InChI=1S/C28H37F2N3O7/c1-5-17(2)8-6-10-25(35)31-22(14-19-12-20(29)15-21(30)13-19)26(36)32-23(27(37)39-4)16-40-28(38)24-9-7-11-33(24)18(3)34/h6,10,12-13,15,17,22-24H,5,7-9,11,14,16H2,1-4H3,(H,31,35)(H,32,36)/b10-6+/t17?,22-,23-,24?/m0/s1. The zero-order chi connectivity index (χ0) is 29.8. The third kappa shape index (κ3) is 10.0. The zero-order valence-corrected chi connectivity index (χ0v) is 23.2. The number of benzene rings is 1. The van der Waals surface area contributed by atoms with E-state index in [-0.39, 0.29) is 17.9 Å². The van der Waals surface area contributed by atoms with Crippen molar-refractivity contribution in [1.82, 2.24) is 15.5 Å². The molecule has 0 bridgehead atoms. The first-order valence-corrected chi connectivity index (χ1v) is 13.2. The Morgan fingerprint density at radius 2 is 1.77 bits per heavy atom. The van der Waals surface area contributed by atoms with E-state index in [2.05, 4.69) is 10.6 Å². The van der Waals surface area contributed by atoms with E-state index in [1.165, 1.54) is 17.9 Å². The number of nitrogens with zero attached hydrogens (tertiary/aromatic N) is 1. The third-order valence-electron chi connectivity index (χ3n) is 6.62. The molecular weight excluding hydrogens is 528 g/mol. The molecule has 1 fully saturated rings. The molecule has 1 aromatic carbocycles. The molecule has 10 nitrogen and oxygen atoms in total.